The van der Waals surface area contributed by atoms with Crippen LogP contribution >= 0.6 is 12.4 Å². The Balaban J connectivity index is 0.00000264. The molecule has 0 spiro atoms. The second-order valence-corrected chi connectivity index (χ2v) is 6.57. The first-order valence-electron chi connectivity index (χ1n) is 8.60. The van der Waals surface area contributed by atoms with Gasteiger partial charge in [0, 0.05) is 12.0 Å². The van der Waals surface area contributed by atoms with Gasteiger partial charge in [-0.25, -0.2) is 0 Å². The summed E-state index contributed by atoms with van der Waals surface area (Å²) in [6.45, 7) is 8.23. The average molecular weight is 336 g/mol. The van der Waals surface area contributed by atoms with Crippen molar-refractivity contribution in [2.75, 3.05) is 13.1 Å². The number of halogens is 1. The Kier molecular flexibility index (Phi) is 8.12. The van der Waals surface area contributed by atoms with Crippen LogP contribution in [0, 0.1) is 17.8 Å². The van der Waals surface area contributed by atoms with Crippen molar-refractivity contribution < 1.29 is 5.11 Å². The van der Waals surface area contributed by atoms with Crippen LogP contribution in [0.25, 0.3) is 0 Å². The van der Waals surface area contributed by atoms with E-state index >= 15 is 0 Å². The fraction of sp³-hybridized carbons (Fsp3) is 0.600. The van der Waals surface area contributed by atoms with Gasteiger partial charge >= 0.3 is 0 Å². The van der Waals surface area contributed by atoms with Crippen molar-refractivity contribution in [2.24, 2.45) is 5.92 Å². The summed E-state index contributed by atoms with van der Waals surface area (Å²) in [5, 5.41) is 11.3. The Morgan fingerprint density at radius 1 is 1.22 bits per heavy atom. The molecule has 1 atom stereocenters. The molecule has 0 heterocycles. The standard InChI is InChI=1S/C20H29NO.ClH/c1-4-21(17(2)3)16-10-15-20(22,19-13-8-9-14-19)18-11-6-5-7-12-18;/h5-7,11-12,17,19,22H,4,8-9,13-14,16H2,1-3H3;1H. The van der Waals surface area contributed by atoms with E-state index in [1.807, 2.05) is 30.3 Å². The summed E-state index contributed by atoms with van der Waals surface area (Å²) in [6, 6.07) is 10.5. The Morgan fingerprint density at radius 2 is 1.83 bits per heavy atom. The molecule has 0 bridgehead atoms. The molecule has 1 aromatic rings. The molecule has 1 aromatic carbocycles. The molecule has 23 heavy (non-hydrogen) atoms. The van der Waals surface area contributed by atoms with Gasteiger partial charge in [0.15, 0.2) is 5.60 Å². The fourth-order valence-electron chi connectivity index (χ4n) is 3.38. The van der Waals surface area contributed by atoms with Crippen LogP contribution in [0.4, 0.5) is 0 Å². The highest BCUT2D eigenvalue weighted by Crippen LogP contribution is 2.40. The highest BCUT2D eigenvalue weighted by molar-refractivity contribution is 5.85. The maximum atomic E-state index is 11.3. The number of hydrogen-bond acceptors (Lipinski definition) is 2. The van der Waals surface area contributed by atoms with Crippen molar-refractivity contribution in [3.8, 4) is 11.8 Å². The topological polar surface area (TPSA) is 23.5 Å². The molecule has 0 aromatic heterocycles. The number of nitrogens with zero attached hydrogens (tertiary/aromatic N) is 1. The minimum absolute atomic E-state index is 0. The molecule has 1 fully saturated rings. The maximum absolute atomic E-state index is 11.3. The van der Waals surface area contributed by atoms with Crippen molar-refractivity contribution in [1.82, 2.24) is 4.90 Å². The first kappa shape index (κ1) is 20.0. The summed E-state index contributed by atoms with van der Waals surface area (Å²) < 4.78 is 0. The number of rotatable bonds is 5. The van der Waals surface area contributed by atoms with Gasteiger partial charge in [-0.05, 0) is 38.8 Å². The van der Waals surface area contributed by atoms with Crippen LogP contribution in [-0.4, -0.2) is 29.1 Å². The second-order valence-electron chi connectivity index (χ2n) is 6.57. The van der Waals surface area contributed by atoms with Gasteiger partial charge in [-0.1, -0.05) is 61.9 Å². The Labute approximate surface area is 147 Å². The van der Waals surface area contributed by atoms with Gasteiger partial charge in [-0.15, -0.1) is 12.4 Å². The molecule has 2 nitrogen and oxygen atoms in total. The SMILES string of the molecule is CCN(CC#CC(O)(c1ccccc1)C1CCCC1)C(C)C.Cl. The van der Waals surface area contributed by atoms with Gasteiger partial charge in [-0.2, -0.15) is 0 Å². The van der Waals surface area contributed by atoms with Crippen molar-refractivity contribution in [1.29, 1.82) is 0 Å². The number of aliphatic hydroxyl groups is 1. The molecule has 1 saturated carbocycles. The molecule has 0 radical (unpaired) electrons. The van der Waals surface area contributed by atoms with Crippen molar-refractivity contribution >= 4 is 12.4 Å². The first-order chi connectivity index (χ1) is 10.6. The Bertz CT molecular complexity index is 513. The van der Waals surface area contributed by atoms with E-state index in [0.29, 0.717) is 6.04 Å². The molecular weight excluding hydrogens is 306 g/mol. The molecule has 3 heteroatoms. The van der Waals surface area contributed by atoms with Gasteiger partial charge in [0.1, 0.15) is 0 Å². The zero-order valence-corrected chi connectivity index (χ0v) is 15.4. The van der Waals surface area contributed by atoms with Gasteiger partial charge in [-0.3, -0.25) is 4.90 Å². The third kappa shape index (κ3) is 4.98. The van der Waals surface area contributed by atoms with Gasteiger partial charge in [0.25, 0.3) is 0 Å². The van der Waals surface area contributed by atoms with E-state index in [0.717, 1.165) is 31.5 Å². The Hall–Kier alpha value is -1.01. The summed E-state index contributed by atoms with van der Waals surface area (Å²) in [4.78, 5) is 2.31. The minimum atomic E-state index is -0.992. The summed E-state index contributed by atoms with van der Waals surface area (Å²) >= 11 is 0. The molecule has 0 saturated heterocycles. The summed E-state index contributed by atoms with van der Waals surface area (Å²) in [7, 11) is 0. The van der Waals surface area contributed by atoms with Crippen LogP contribution < -0.4 is 0 Å². The van der Waals surface area contributed by atoms with E-state index in [1.54, 1.807) is 0 Å². The average Bonchev–Trinajstić information content (AvgIpc) is 3.07. The van der Waals surface area contributed by atoms with Crippen LogP contribution in [0.15, 0.2) is 30.3 Å². The number of benzene rings is 1. The second kappa shape index (κ2) is 9.33. The minimum Gasteiger partial charge on any atom is -0.373 e. The predicted molar refractivity (Wildman–Crippen MR) is 99.7 cm³/mol. The molecule has 1 N–H and O–H groups in total. The van der Waals surface area contributed by atoms with Crippen LogP contribution in [0.5, 0.6) is 0 Å². The molecule has 0 aliphatic heterocycles. The molecular formula is C20H30ClNO. The van der Waals surface area contributed by atoms with E-state index in [-0.39, 0.29) is 18.3 Å². The van der Waals surface area contributed by atoms with Crippen molar-refractivity contribution in [3.63, 3.8) is 0 Å². The smallest absolute Gasteiger partial charge is 0.153 e. The largest absolute Gasteiger partial charge is 0.373 e. The summed E-state index contributed by atoms with van der Waals surface area (Å²) in [6.07, 6.45) is 4.55. The zero-order valence-electron chi connectivity index (χ0n) is 14.6. The Morgan fingerprint density at radius 3 is 2.35 bits per heavy atom. The fourth-order valence-corrected chi connectivity index (χ4v) is 3.38. The summed E-state index contributed by atoms with van der Waals surface area (Å²) in [5.41, 5.74) is -0.0456. The third-order valence-electron chi connectivity index (χ3n) is 4.86. The monoisotopic (exact) mass is 335 g/mol. The van der Waals surface area contributed by atoms with Gasteiger partial charge in [0.2, 0.25) is 0 Å². The third-order valence-corrected chi connectivity index (χ3v) is 4.86. The van der Waals surface area contributed by atoms with Gasteiger partial charge < -0.3 is 5.11 Å². The lowest BCUT2D eigenvalue weighted by molar-refractivity contribution is 0.0367. The molecule has 1 aliphatic rings. The molecule has 128 valence electrons. The predicted octanol–water partition coefficient (Wildman–Crippen LogP) is 4.22. The molecule has 2 rings (SSSR count). The highest BCUT2D eigenvalue weighted by atomic mass is 35.5. The first-order valence-corrected chi connectivity index (χ1v) is 8.60. The van der Waals surface area contributed by atoms with Gasteiger partial charge in [0.05, 0.1) is 6.54 Å². The lowest BCUT2D eigenvalue weighted by Gasteiger charge is -2.30. The van der Waals surface area contributed by atoms with Crippen LogP contribution in [0.1, 0.15) is 52.0 Å². The normalized spacial score (nSPS) is 17.5. The van der Waals surface area contributed by atoms with Crippen LogP contribution in [-0.2, 0) is 5.60 Å². The van der Waals surface area contributed by atoms with E-state index in [4.69, 9.17) is 0 Å². The van der Waals surface area contributed by atoms with Crippen molar-refractivity contribution in [2.45, 2.75) is 58.1 Å². The molecule has 1 aliphatic carbocycles. The van der Waals surface area contributed by atoms with Crippen LogP contribution in [0.2, 0.25) is 0 Å². The van der Waals surface area contributed by atoms with E-state index in [9.17, 15) is 5.11 Å². The van der Waals surface area contributed by atoms with E-state index in [1.165, 1.54) is 12.8 Å². The summed E-state index contributed by atoms with van der Waals surface area (Å²) in [5.74, 6) is 6.76. The van der Waals surface area contributed by atoms with Crippen LogP contribution in [0.3, 0.4) is 0 Å². The molecule has 0 amide bonds. The van der Waals surface area contributed by atoms with E-state index in [2.05, 4.69) is 37.5 Å². The quantitative estimate of drug-likeness (QED) is 0.814. The zero-order chi connectivity index (χ0) is 16.0. The lowest BCUT2D eigenvalue weighted by Crippen LogP contribution is -2.34. The van der Waals surface area contributed by atoms with Crippen molar-refractivity contribution in [3.05, 3.63) is 35.9 Å². The van der Waals surface area contributed by atoms with E-state index < -0.39 is 5.60 Å². The molecule has 1 unspecified atom stereocenters. The number of hydrogen-bond donors (Lipinski definition) is 1. The lowest BCUT2D eigenvalue weighted by atomic mass is 9.80. The maximum Gasteiger partial charge on any atom is 0.153 e. The highest BCUT2D eigenvalue weighted by Gasteiger charge is 2.38.